The molecule has 1 aliphatic rings. The molecule has 0 unspecified atom stereocenters. The third-order valence-electron chi connectivity index (χ3n) is 4.88. The molecule has 1 amide bonds. The molecule has 148 valence electrons. The lowest BCUT2D eigenvalue weighted by molar-refractivity contribution is 0.102. The Kier molecular flexibility index (Phi) is 5.76. The number of hydrogen-bond donors (Lipinski definition) is 1. The van der Waals surface area contributed by atoms with Gasteiger partial charge < -0.3 is 10.2 Å². The number of carbonyl (C=O) groups is 1. The van der Waals surface area contributed by atoms with E-state index in [1.807, 2.05) is 6.07 Å². The molecule has 0 bridgehead atoms. The lowest BCUT2D eigenvalue weighted by Gasteiger charge is -2.34. The molecule has 6 nitrogen and oxygen atoms in total. The largest absolute Gasteiger partial charge is 0.338 e. The van der Waals surface area contributed by atoms with E-state index in [0.717, 1.165) is 32.7 Å². The van der Waals surface area contributed by atoms with E-state index in [-0.39, 0.29) is 17.4 Å². The van der Waals surface area contributed by atoms with Gasteiger partial charge in [-0.1, -0.05) is 30.3 Å². The van der Waals surface area contributed by atoms with Crippen LogP contribution in [0.3, 0.4) is 0 Å². The van der Waals surface area contributed by atoms with Crippen molar-refractivity contribution in [3.8, 4) is 0 Å². The molecule has 1 N–H and O–H groups in total. The highest BCUT2D eigenvalue weighted by Gasteiger charge is 2.20. The molecule has 3 aromatic rings. The van der Waals surface area contributed by atoms with E-state index in [1.165, 1.54) is 29.8 Å². The molecule has 1 saturated heterocycles. The Balaban J connectivity index is 1.36. The SMILES string of the molecule is O=C(Nc1ccc(F)cc1)c1ccnc(N2CCN(Cc3ccccc3)CC2)n1. The van der Waals surface area contributed by atoms with Crippen LogP contribution in [0.15, 0.2) is 66.9 Å². The number of piperazine rings is 1. The van der Waals surface area contributed by atoms with Crippen LogP contribution in [0.25, 0.3) is 0 Å². The van der Waals surface area contributed by atoms with Crippen molar-refractivity contribution in [1.29, 1.82) is 0 Å². The number of nitrogens with zero attached hydrogens (tertiary/aromatic N) is 4. The predicted molar refractivity (Wildman–Crippen MR) is 110 cm³/mol. The fourth-order valence-corrected chi connectivity index (χ4v) is 3.30. The normalized spacial score (nSPS) is 14.6. The molecular weight excluding hydrogens is 369 g/mol. The molecule has 0 spiro atoms. The van der Waals surface area contributed by atoms with Crippen LogP contribution in [0.1, 0.15) is 16.1 Å². The second-order valence-electron chi connectivity index (χ2n) is 6.95. The molecule has 1 aromatic heterocycles. The number of hydrogen-bond acceptors (Lipinski definition) is 5. The van der Waals surface area contributed by atoms with Crippen LogP contribution in [0.5, 0.6) is 0 Å². The lowest BCUT2D eigenvalue weighted by Crippen LogP contribution is -2.46. The fourth-order valence-electron chi connectivity index (χ4n) is 3.30. The molecule has 1 aliphatic heterocycles. The van der Waals surface area contributed by atoms with Gasteiger partial charge in [-0.25, -0.2) is 14.4 Å². The van der Waals surface area contributed by atoms with Gasteiger partial charge >= 0.3 is 0 Å². The minimum Gasteiger partial charge on any atom is -0.338 e. The van der Waals surface area contributed by atoms with E-state index in [9.17, 15) is 9.18 Å². The molecule has 7 heteroatoms. The third-order valence-corrected chi connectivity index (χ3v) is 4.88. The lowest BCUT2D eigenvalue weighted by atomic mass is 10.2. The Hall–Kier alpha value is -3.32. The van der Waals surface area contributed by atoms with Crippen LogP contribution in [-0.2, 0) is 6.54 Å². The summed E-state index contributed by atoms with van der Waals surface area (Å²) in [5.41, 5.74) is 2.11. The average molecular weight is 391 g/mol. The fraction of sp³-hybridized carbons (Fsp3) is 0.227. The molecule has 2 aromatic carbocycles. The summed E-state index contributed by atoms with van der Waals surface area (Å²) in [6.45, 7) is 4.34. The Morgan fingerprint density at radius 1 is 0.966 bits per heavy atom. The number of amides is 1. The molecule has 0 radical (unpaired) electrons. The maximum atomic E-state index is 13.0. The van der Waals surface area contributed by atoms with E-state index in [2.05, 4.69) is 49.4 Å². The summed E-state index contributed by atoms with van der Waals surface area (Å²) in [6, 6.07) is 17.6. The summed E-state index contributed by atoms with van der Waals surface area (Å²) in [5.74, 6) is -0.141. The van der Waals surface area contributed by atoms with Crippen molar-refractivity contribution in [2.75, 3.05) is 36.4 Å². The van der Waals surface area contributed by atoms with Gasteiger partial charge in [-0.05, 0) is 35.9 Å². The summed E-state index contributed by atoms with van der Waals surface area (Å²) < 4.78 is 13.0. The van der Waals surface area contributed by atoms with Gasteiger partial charge in [0.1, 0.15) is 11.5 Å². The Morgan fingerprint density at radius 2 is 1.69 bits per heavy atom. The number of halogens is 1. The van der Waals surface area contributed by atoms with Crippen molar-refractivity contribution in [3.05, 3.63) is 83.9 Å². The molecule has 0 saturated carbocycles. The van der Waals surface area contributed by atoms with Crippen LogP contribution in [0, 0.1) is 5.82 Å². The van der Waals surface area contributed by atoms with Crippen LogP contribution in [0.2, 0.25) is 0 Å². The number of aromatic nitrogens is 2. The zero-order chi connectivity index (χ0) is 20.1. The molecule has 1 fully saturated rings. The monoisotopic (exact) mass is 391 g/mol. The number of anilines is 2. The molecule has 29 heavy (non-hydrogen) atoms. The quantitative estimate of drug-likeness (QED) is 0.724. The zero-order valence-electron chi connectivity index (χ0n) is 16.0. The topological polar surface area (TPSA) is 61.4 Å². The number of rotatable bonds is 5. The van der Waals surface area contributed by atoms with Crippen molar-refractivity contribution < 1.29 is 9.18 Å². The van der Waals surface area contributed by atoms with Crippen LogP contribution in [-0.4, -0.2) is 47.0 Å². The second-order valence-corrected chi connectivity index (χ2v) is 6.95. The Bertz CT molecular complexity index is 956. The smallest absolute Gasteiger partial charge is 0.274 e. The van der Waals surface area contributed by atoms with Gasteiger partial charge in [0.15, 0.2) is 0 Å². The second kappa shape index (κ2) is 8.79. The van der Waals surface area contributed by atoms with Gasteiger partial charge in [0.05, 0.1) is 0 Å². The first-order chi connectivity index (χ1) is 14.2. The van der Waals surface area contributed by atoms with Crippen molar-refractivity contribution >= 4 is 17.5 Å². The summed E-state index contributed by atoms with van der Waals surface area (Å²) in [5, 5.41) is 2.73. The molecule has 0 aliphatic carbocycles. The van der Waals surface area contributed by atoms with Crippen molar-refractivity contribution in [3.63, 3.8) is 0 Å². The van der Waals surface area contributed by atoms with E-state index < -0.39 is 0 Å². The first kappa shape index (κ1) is 19.0. The van der Waals surface area contributed by atoms with Crippen LogP contribution < -0.4 is 10.2 Å². The van der Waals surface area contributed by atoms with Crippen molar-refractivity contribution in [2.45, 2.75) is 6.54 Å². The molecule has 0 atom stereocenters. The van der Waals surface area contributed by atoms with Gasteiger partial charge in [0.2, 0.25) is 5.95 Å². The van der Waals surface area contributed by atoms with Gasteiger partial charge in [0.25, 0.3) is 5.91 Å². The van der Waals surface area contributed by atoms with Crippen molar-refractivity contribution in [2.24, 2.45) is 0 Å². The highest BCUT2D eigenvalue weighted by molar-refractivity contribution is 6.02. The predicted octanol–water partition coefficient (Wildman–Crippen LogP) is 3.19. The molecule has 2 heterocycles. The van der Waals surface area contributed by atoms with Crippen molar-refractivity contribution in [1.82, 2.24) is 14.9 Å². The Morgan fingerprint density at radius 3 is 2.41 bits per heavy atom. The first-order valence-electron chi connectivity index (χ1n) is 9.58. The van der Waals surface area contributed by atoms with E-state index in [4.69, 9.17) is 0 Å². The van der Waals surface area contributed by atoms with Crippen LogP contribution >= 0.6 is 0 Å². The number of carbonyl (C=O) groups excluding carboxylic acids is 1. The standard InChI is InChI=1S/C22H22FN5O/c23-18-6-8-19(9-7-18)25-21(29)20-10-11-24-22(26-20)28-14-12-27(13-15-28)16-17-4-2-1-3-5-17/h1-11H,12-16H2,(H,25,29). The van der Waals surface area contributed by atoms with E-state index in [1.54, 1.807) is 12.3 Å². The van der Waals surface area contributed by atoms with E-state index in [0.29, 0.717) is 11.6 Å². The van der Waals surface area contributed by atoms with Gasteiger partial charge in [-0.3, -0.25) is 9.69 Å². The molecular formula is C22H22FN5O. The van der Waals surface area contributed by atoms with Gasteiger partial charge in [-0.2, -0.15) is 0 Å². The summed E-state index contributed by atoms with van der Waals surface area (Å²) in [4.78, 5) is 25.7. The Labute approximate surface area is 169 Å². The minimum atomic E-state index is -0.348. The summed E-state index contributed by atoms with van der Waals surface area (Å²) in [6.07, 6.45) is 1.60. The maximum Gasteiger partial charge on any atom is 0.274 e. The summed E-state index contributed by atoms with van der Waals surface area (Å²) in [7, 11) is 0. The van der Waals surface area contributed by atoms with E-state index >= 15 is 0 Å². The summed E-state index contributed by atoms with van der Waals surface area (Å²) >= 11 is 0. The minimum absolute atomic E-state index is 0.283. The first-order valence-corrected chi connectivity index (χ1v) is 9.58. The number of benzene rings is 2. The third kappa shape index (κ3) is 4.94. The van der Waals surface area contributed by atoms with Gasteiger partial charge in [0, 0.05) is 44.6 Å². The maximum absolute atomic E-state index is 13.0. The van der Waals surface area contributed by atoms with Gasteiger partial charge in [-0.15, -0.1) is 0 Å². The highest BCUT2D eigenvalue weighted by atomic mass is 19.1. The average Bonchev–Trinajstić information content (AvgIpc) is 2.77. The number of nitrogens with one attached hydrogen (secondary N) is 1. The zero-order valence-corrected chi connectivity index (χ0v) is 16.0. The molecule has 4 rings (SSSR count). The highest BCUT2D eigenvalue weighted by Crippen LogP contribution is 2.15. The van der Waals surface area contributed by atoms with Crippen LogP contribution in [0.4, 0.5) is 16.0 Å².